The molecule has 0 saturated carbocycles. The molecular weight excluding hydrogens is 307 g/mol. The van der Waals surface area contributed by atoms with Crippen LogP contribution in [0.1, 0.15) is 31.1 Å². The quantitative estimate of drug-likeness (QED) is 0.825. The highest BCUT2D eigenvalue weighted by molar-refractivity contribution is 6.41. The summed E-state index contributed by atoms with van der Waals surface area (Å²) in [6.07, 6.45) is 0. The second-order valence-electron chi connectivity index (χ2n) is 3.59. The van der Waals surface area contributed by atoms with Gasteiger partial charge in [0.1, 0.15) is 15.6 Å². The molecule has 0 radical (unpaired) electrons. The average Bonchev–Trinajstić information content (AvgIpc) is 2.38. The number of hydrogen-bond acceptors (Lipinski definition) is 4. The van der Waals surface area contributed by atoms with Crippen LogP contribution in [0.4, 0.5) is 0 Å². The fraction of sp³-hybridized carbons (Fsp3) is 0.462. The van der Waals surface area contributed by atoms with E-state index in [1.54, 1.807) is 20.8 Å². The third kappa shape index (κ3) is 3.22. The topological polar surface area (TPSA) is 65.0 Å². The molecule has 0 heterocycles. The van der Waals surface area contributed by atoms with Gasteiger partial charge in [0, 0.05) is 0 Å². The van der Waals surface area contributed by atoms with E-state index in [0.717, 1.165) is 0 Å². The molecule has 0 unspecified atom stereocenters. The second-order valence-corrected chi connectivity index (χ2v) is 4.35. The molecular formula is C13H16Cl2O5. The minimum atomic E-state index is -1.26. The molecule has 0 aromatic heterocycles. The number of aromatic carboxylic acids is 1. The van der Waals surface area contributed by atoms with Crippen molar-refractivity contribution in [2.75, 3.05) is 19.8 Å². The molecule has 0 aliphatic rings. The Morgan fingerprint density at radius 1 is 0.900 bits per heavy atom. The summed E-state index contributed by atoms with van der Waals surface area (Å²) in [4.78, 5) is 11.3. The van der Waals surface area contributed by atoms with Gasteiger partial charge in [0.2, 0.25) is 5.75 Å². The number of benzene rings is 1. The highest BCUT2D eigenvalue weighted by Gasteiger charge is 2.29. The van der Waals surface area contributed by atoms with E-state index in [4.69, 9.17) is 37.4 Å². The van der Waals surface area contributed by atoms with Crippen LogP contribution in [-0.4, -0.2) is 30.9 Å². The highest BCUT2D eigenvalue weighted by Crippen LogP contribution is 2.50. The Labute approximate surface area is 127 Å². The van der Waals surface area contributed by atoms with Crippen LogP contribution in [0.25, 0.3) is 0 Å². The standard InChI is InChI=1S/C13H16Cl2O5/c1-4-18-10-8(14)7(13(16)17)9(15)11(19-5-2)12(10)20-6-3/h4-6H2,1-3H3,(H,16,17). The molecule has 0 fully saturated rings. The molecule has 20 heavy (non-hydrogen) atoms. The minimum absolute atomic E-state index is 0.101. The summed E-state index contributed by atoms with van der Waals surface area (Å²) in [6.45, 7) is 6.21. The Balaban J connectivity index is 3.65. The van der Waals surface area contributed by atoms with Gasteiger partial charge in [-0.25, -0.2) is 4.79 Å². The fourth-order valence-electron chi connectivity index (χ4n) is 1.64. The van der Waals surface area contributed by atoms with E-state index in [1.165, 1.54) is 0 Å². The summed E-state index contributed by atoms with van der Waals surface area (Å²) >= 11 is 12.2. The molecule has 7 heteroatoms. The van der Waals surface area contributed by atoms with Gasteiger partial charge in [0.25, 0.3) is 0 Å². The predicted molar refractivity (Wildman–Crippen MR) is 76.9 cm³/mol. The number of hydrogen-bond donors (Lipinski definition) is 1. The molecule has 0 aliphatic heterocycles. The van der Waals surface area contributed by atoms with Crippen LogP contribution in [-0.2, 0) is 0 Å². The van der Waals surface area contributed by atoms with Crippen molar-refractivity contribution in [1.29, 1.82) is 0 Å². The number of carboxylic acids is 1. The average molecular weight is 323 g/mol. The SMILES string of the molecule is CCOc1c(Cl)c(C(=O)O)c(Cl)c(OCC)c1OCC. The molecule has 0 aliphatic carbocycles. The summed E-state index contributed by atoms with van der Waals surface area (Å²) in [5.41, 5.74) is -0.260. The van der Waals surface area contributed by atoms with Gasteiger partial charge in [-0.1, -0.05) is 23.2 Å². The van der Waals surface area contributed by atoms with Gasteiger partial charge in [-0.05, 0) is 20.8 Å². The van der Waals surface area contributed by atoms with Crippen molar-refractivity contribution in [1.82, 2.24) is 0 Å². The number of rotatable bonds is 7. The van der Waals surface area contributed by atoms with Crippen LogP contribution in [0.3, 0.4) is 0 Å². The van der Waals surface area contributed by atoms with Crippen LogP contribution >= 0.6 is 23.2 Å². The van der Waals surface area contributed by atoms with Gasteiger partial charge in [-0.2, -0.15) is 0 Å². The highest BCUT2D eigenvalue weighted by atomic mass is 35.5. The van der Waals surface area contributed by atoms with Crippen molar-refractivity contribution in [3.63, 3.8) is 0 Å². The summed E-state index contributed by atoms with van der Waals surface area (Å²) in [6, 6.07) is 0. The largest absolute Gasteiger partial charge is 0.488 e. The molecule has 1 aromatic rings. The van der Waals surface area contributed by atoms with E-state index >= 15 is 0 Å². The first-order valence-electron chi connectivity index (χ1n) is 6.16. The maximum atomic E-state index is 11.3. The molecule has 0 amide bonds. The van der Waals surface area contributed by atoms with Crippen molar-refractivity contribution in [3.05, 3.63) is 15.6 Å². The maximum absolute atomic E-state index is 11.3. The lowest BCUT2D eigenvalue weighted by Crippen LogP contribution is -2.08. The minimum Gasteiger partial charge on any atom is -0.488 e. The van der Waals surface area contributed by atoms with Crippen LogP contribution in [0, 0.1) is 0 Å². The lowest BCUT2D eigenvalue weighted by molar-refractivity contribution is 0.0696. The molecule has 0 bridgehead atoms. The van der Waals surface area contributed by atoms with E-state index in [9.17, 15) is 9.90 Å². The fourth-order valence-corrected chi connectivity index (χ4v) is 2.32. The first-order valence-corrected chi connectivity index (χ1v) is 6.91. The smallest absolute Gasteiger partial charge is 0.339 e. The first-order chi connectivity index (χ1) is 9.49. The Kier molecular flexibility index (Phi) is 6.23. The Hall–Kier alpha value is -1.33. The zero-order valence-corrected chi connectivity index (χ0v) is 13.0. The van der Waals surface area contributed by atoms with Gasteiger partial charge >= 0.3 is 5.97 Å². The lowest BCUT2D eigenvalue weighted by Gasteiger charge is -2.19. The van der Waals surface area contributed by atoms with Gasteiger partial charge in [0.15, 0.2) is 11.5 Å². The van der Waals surface area contributed by atoms with Crippen molar-refractivity contribution in [2.24, 2.45) is 0 Å². The molecule has 0 atom stereocenters. The van der Waals surface area contributed by atoms with E-state index < -0.39 is 5.97 Å². The third-order valence-corrected chi connectivity index (χ3v) is 3.05. The lowest BCUT2D eigenvalue weighted by atomic mass is 10.1. The Morgan fingerprint density at radius 3 is 1.55 bits per heavy atom. The van der Waals surface area contributed by atoms with Crippen LogP contribution in [0.2, 0.25) is 10.0 Å². The summed E-state index contributed by atoms with van der Waals surface area (Å²) < 4.78 is 16.2. The van der Waals surface area contributed by atoms with E-state index in [1.807, 2.05) is 0 Å². The van der Waals surface area contributed by atoms with Gasteiger partial charge < -0.3 is 19.3 Å². The molecule has 112 valence electrons. The number of carbonyl (C=O) groups is 1. The maximum Gasteiger partial charge on any atom is 0.339 e. The number of carboxylic acid groups (broad SMARTS) is 1. The Morgan fingerprint density at radius 2 is 1.25 bits per heavy atom. The molecule has 1 N–H and O–H groups in total. The molecule has 5 nitrogen and oxygen atoms in total. The third-order valence-electron chi connectivity index (χ3n) is 2.33. The predicted octanol–water partition coefficient (Wildman–Crippen LogP) is 3.89. The van der Waals surface area contributed by atoms with E-state index in [2.05, 4.69) is 0 Å². The van der Waals surface area contributed by atoms with Crippen molar-refractivity contribution < 1.29 is 24.1 Å². The summed E-state index contributed by atoms with van der Waals surface area (Å²) in [7, 11) is 0. The van der Waals surface area contributed by atoms with Gasteiger partial charge in [0.05, 0.1) is 19.8 Å². The van der Waals surface area contributed by atoms with Crippen LogP contribution in [0.15, 0.2) is 0 Å². The molecule has 1 aromatic carbocycles. The first kappa shape index (κ1) is 16.7. The zero-order valence-electron chi connectivity index (χ0n) is 11.5. The molecule has 0 spiro atoms. The zero-order chi connectivity index (χ0) is 15.3. The van der Waals surface area contributed by atoms with Crippen molar-refractivity contribution >= 4 is 29.2 Å². The van der Waals surface area contributed by atoms with Crippen LogP contribution < -0.4 is 14.2 Å². The summed E-state index contributed by atoms with van der Waals surface area (Å²) in [5.74, 6) is -0.788. The number of ether oxygens (including phenoxy) is 3. The molecule has 1 rings (SSSR count). The summed E-state index contributed by atoms with van der Waals surface area (Å²) in [5, 5.41) is 9.03. The van der Waals surface area contributed by atoms with Crippen molar-refractivity contribution in [2.45, 2.75) is 20.8 Å². The number of halogens is 2. The second kappa shape index (κ2) is 7.45. The normalized spacial score (nSPS) is 10.2. The Bertz CT molecular complexity index is 469. The van der Waals surface area contributed by atoms with E-state index in [0.29, 0.717) is 19.8 Å². The molecule has 0 saturated heterocycles. The monoisotopic (exact) mass is 322 g/mol. The van der Waals surface area contributed by atoms with Crippen LogP contribution in [0.5, 0.6) is 17.2 Å². The van der Waals surface area contributed by atoms with Gasteiger partial charge in [-0.3, -0.25) is 0 Å². The van der Waals surface area contributed by atoms with Gasteiger partial charge in [-0.15, -0.1) is 0 Å². The van der Waals surface area contributed by atoms with E-state index in [-0.39, 0.29) is 32.9 Å². The van der Waals surface area contributed by atoms with Crippen molar-refractivity contribution in [3.8, 4) is 17.2 Å².